The molecular weight excluding hydrogens is 473 g/mol. The lowest BCUT2D eigenvalue weighted by Crippen LogP contribution is -2.51. The molecule has 184 valence electrons. The van der Waals surface area contributed by atoms with Crippen LogP contribution in [0.3, 0.4) is 0 Å². The van der Waals surface area contributed by atoms with Crippen molar-refractivity contribution >= 4 is 12.0 Å². The second-order valence-electron chi connectivity index (χ2n) is 8.00. The highest BCUT2D eigenvalue weighted by molar-refractivity contribution is 5.95. The quantitative estimate of drug-likeness (QED) is 0.561. The molecule has 12 heteroatoms. The molecule has 1 saturated heterocycles. The van der Waals surface area contributed by atoms with Crippen LogP contribution in [0.4, 0.5) is 35.5 Å². The number of rotatable bonds is 3. The van der Waals surface area contributed by atoms with Crippen LogP contribution in [0.1, 0.15) is 45.0 Å². The number of nitrogens with zero attached hydrogens (tertiary/aromatic N) is 1. The van der Waals surface area contributed by atoms with Gasteiger partial charge < -0.3 is 15.3 Å². The first-order chi connectivity index (χ1) is 15.7. The number of likely N-dealkylation sites (tertiary alicyclic amines) is 1. The van der Waals surface area contributed by atoms with Crippen LogP contribution in [0.15, 0.2) is 36.4 Å². The second-order valence-corrected chi connectivity index (χ2v) is 8.00. The standard InChI is InChI=1S/C22H19F7N2O3/c1-11-6-15(23)2-3-16(11)17-10-31(20(33)34)5-4-18(17)30-19(32)12-7-13(21(24,25)26)9-14(8-12)22(27,28)29/h2-3,6-9,17-18H,4-5,10H2,1H3,(H,30,32)(H,33,34). The minimum absolute atomic E-state index is 0.0204. The fourth-order valence-corrected chi connectivity index (χ4v) is 4.01. The molecule has 2 amide bonds. The molecule has 0 radical (unpaired) electrons. The summed E-state index contributed by atoms with van der Waals surface area (Å²) in [6.07, 6.45) is -11.4. The van der Waals surface area contributed by atoms with Gasteiger partial charge in [-0.1, -0.05) is 6.07 Å². The van der Waals surface area contributed by atoms with E-state index in [0.29, 0.717) is 23.3 Å². The molecule has 1 fully saturated rings. The van der Waals surface area contributed by atoms with E-state index in [0.717, 1.165) is 11.0 Å². The van der Waals surface area contributed by atoms with Gasteiger partial charge in [0.15, 0.2) is 0 Å². The van der Waals surface area contributed by atoms with E-state index < -0.39 is 58.8 Å². The number of halogens is 7. The summed E-state index contributed by atoms with van der Waals surface area (Å²) in [6.45, 7) is 1.44. The normalized spacial score (nSPS) is 19.1. The minimum atomic E-state index is -5.11. The topological polar surface area (TPSA) is 69.6 Å². The molecule has 2 N–H and O–H groups in total. The minimum Gasteiger partial charge on any atom is -0.465 e. The number of amides is 2. The van der Waals surface area contributed by atoms with E-state index >= 15 is 0 Å². The van der Waals surface area contributed by atoms with Gasteiger partial charge >= 0.3 is 18.4 Å². The lowest BCUT2D eigenvalue weighted by molar-refractivity contribution is -0.143. The monoisotopic (exact) mass is 492 g/mol. The highest BCUT2D eigenvalue weighted by atomic mass is 19.4. The molecule has 0 spiro atoms. The maximum Gasteiger partial charge on any atom is 0.416 e. The van der Waals surface area contributed by atoms with Crippen LogP contribution in [-0.2, 0) is 12.4 Å². The number of carbonyl (C=O) groups is 2. The summed E-state index contributed by atoms with van der Waals surface area (Å²) >= 11 is 0. The average molecular weight is 492 g/mol. The van der Waals surface area contributed by atoms with Crippen LogP contribution < -0.4 is 5.32 Å². The largest absolute Gasteiger partial charge is 0.465 e. The first-order valence-corrected chi connectivity index (χ1v) is 10.0. The molecule has 2 aromatic rings. The van der Waals surface area contributed by atoms with Gasteiger partial charge in [0.05, 0.1) is 11.1 Å². The van der Waals surface area contributed by atoms with Gasteiger partial charge in [-0.15, -0.1) is 0 Å². The molecule has 0 bridgehead atoms. The smallest absolute Gasteiger partial charge is 0.416 e. The van der Waals surface area contributed by atoms with Crippen molar-refractivity contribution in [1.82, 2.24) is 10.2 Å². The molecule has 1 heterocycles. The Labute approximate surface area is 189 Å². The Morgan fingerprint density at radius 3 is 2.09 bits per heavy atom. The molecule has 34 heavy (non-hydrogen) atoms. The van der Waals surface area contributed by atoms with Crippen molar-refractivity contribution in [2.45, 2.75) is 37.7 Å². The summed E-state index contributed by atoms with van der Waals surface area (Å²) in [6, 6.07) is 3.51. The number of nitrogens with one attached hydrogen (secondary N) is 1. The molecule has 2 unspecified atom stereocenters. The van der Waals surface area contributed by atoms with Gasteiger partial charge in [-0.05, 0) is 54.8 Å². The van der Waals surface area contributed by atoms with Gasteiger partial charge in [0.2, 0.25) is 0 Å². The molecular formula is C22H19F7N2O3. The van der Waals surface area contributed by atoms with Crippen molar-refractivity contribution in [3.05, 3.63) is 70.0 Å². The fourth-order valence-electron chi connectivity index (χ4n) is 4.01. The van der Waals surface area contributed by atoms with Crippen molar-refractivity contribution in [2.75, 3.05) is 13.1 Å². The molecule has 2 aromatic carbocycles. The van der Waals surface area contributed by atoms with E-state index in [1.165, 1.54) is 12.1 Å². The Kier molecular flexibility index (Phi) is 6.81. The van der Waals surface area contributed by atoms with E-state index in [9.17, 15) is 45.4 Å². The summed E-state index contributed by atoms with van der Waals surface area (Å²) in [4.78, 5) is 25.3. The Morgan fingerprint density at radius 2 is 1.59 bits per heavy atom. The van der Waals surface area contributed by atoms with Gasteiger partial charge in [-0.25, -0.2) is 9.18 Å². The maximum atomic E-state index is 13.6. The van der Waals surface area contributed by atoms with E-state index in [1.807, 2.05) is 0 Å². The molecule has 0 aromatic heterocycles. The first kappa shape index (κ1) is 25.3. The maximum absolute atomic E-state index is 13.6. The number of hydrogen-bond acceptors (Lipinski definition) is 2. The predicted octanol–water partition coefficient (Wildman–Crippen LogP) is 5.44. The van der Waals surface area contributed by atoms with Crippen LogP contribution in [0.2, 0.25) is 0 Å². The third-order valence-corrected chi connectivity index (χ3v) is 5.68. The lowest BCUT2D eigenvalue weighted by Gasteiger charge is -2.38. The van der Waals surface area contributed by atoms with Gasteiger partial charge in [0.25, 0.3) is 5.91 Å². The Hall–Kier alpha value is -3.31. The SMILES string of the molecule is Cc1cc(F)ccc1C1CN(C(=O)O)CCC1NC(=O)c1cc(C(F)(F)F)cc(C(F)(F)F)c1. The molecule has 5 nitrogen and oxygen atoms in total. The number of aryl methyl sites for hydroxylation is 1. The average Bonchev–Trinajstić information content (AvgIpc) is 2.72. The molecule has 1 aliphatic rings. The third-order valence-electron chi connectivity index (χ3n) is 5.68. The zero-order chi connectivity index (χ0) is 25.4. The first-order valence-electron chi connectivity index (χ1n) is 10.0. The number of piperidine rings is 1. The highest BCUT2D eigenvalue weighted by Crippen LogP contribution is 2.37. The van der Waals surface area contributed by atoms with Crippen molar-refractivity contribution in [3.8, 4) is 0 Å². The second kappa shape index (κ2) is 9.15. The summed E-state index contributed by atoms with van der Waals surface area (Å²) in [7, 11) is 0. The van der Waals surface area contributed by atoms with Crippen molar-refractivity contribution < 1.29 is 45.4 Å². The van der Waals surface area contributed by atoms with E-state index in [1.54, 1.807) is 6.92 Å². The number of carboxylic acid groups (broad SMARTS) is 1. The number of benzene rings is 2. The van der Waals surface area contributed by atoms with E-state index in [2.05, 4.69) is 5.32 Å². The van der Waals surface area contributed by atoms with Gasteiger partial charge in [0, 0.05) is 30.6 Å². The van der Waals surface area contributed by atoms with Gasteiger partial charge in [-0.2, -0.15) is 26.3 Å². The molecule has 3 rings (SSSR count). The van der Waals surface area contributed by atoms with E-state index in [4.69, 9.17) is 0 Å². The van der Waals surface area contributed by atoms with Crippen LogP contribution in [0.5, 0.6) is 0 Å². The zero-order valence-corrected chi connectivity index (χ0v) is 17.6. The summed E-state index contributed by atoms with van der Waals surface area (Å²) in [5.74, 6) is -2.42. The summed E-state index contributed by atoms with van der Waals surface area (Å²) in [5, 5.41) is 11.8. The number of alkyl halides is 6. The van der Waals surface area contributed by atoms with E-state index in [-0.39, 0.29) is 25.6 Å². The molecule has 2 atom stereocenters. The van der Waals surface area contributed by atoms with Crippen LogP contribution in [0, 0.1) is 12.7 Å². The Bertz CT molecular complexity index is 1070. The van der Waals surface area contributed by atoms with Gasteiger partial charge in [0.1, 0.15) is 5.82 Å². The highest BCUT2D eigenvalue weighted by Gasteiger charge is 2.39. The Morgan fingerprint density at radius 1 is 1.00 bits per heavy atom. The number of carbonyl (C=O) groups excluding carboxylic acids is 1. The van der Waals surface area contributed by atoms with Crippen LogP contribution in [0.25, 0.3) is 0 Å². The predicted molar refractivity (Wildman–Crippen MR) is 106 cm³/mol. The summed E-state index contributed by atoms with van der Waals surface area (Å²) in [5.41, 5.74) is -3.14. The van der Waals surface area contributed by atoms with Crippen LogP contribution >= 0.6 is 0 Å². The molecule has 0 aliphatic carbocycles. The van der Waals surface area contributed by atoms with Gasteiger partial charge in [-0.3, -0.25) is 4.79 Å². The zero-order valence-electron chi connectivity index (χ0n) is 17.6. The van der Waals surface area contributed by atoms with Crippen molar-refractivity contribution in [2.24, 2.45) is 0 Å². The third kappa shape index (κ3) is 5.60. The molecule has 0 saturated carbocycles. The lowest BCUT2D eigenvalue weighted by atomic mass is 9.83. The van der Waals surface area contributed by atoms with Crippen molar-refractivity contribution in [3.63, 3.8) is 0 Å². The number of hydrogen-bond donors (Lipinski definition) is 2. The summed E-state index contributed by atoms with van der Waals surface area (Å²) < 4.78 is 92.4. The van der Waals surface area contributed by atoms with Crippen LogP contribution in [-0.4, -0.2) is 41.1 Å². The Balaban J connectivity index is 1.96. The fraction of sp³-hybridized carbons (Fsp3) is 0.364. The van der Waals surface area contributed by atoms with Crippen molar-refractivity contribution in [1.29, 1.82) is 0 Å². The molecule has 1 aliphatic heterocycles.